The quantitative estimate of drug-likeness (QED) is 0.713. The Kier molecular flexibility index (Phi) is 5.73. The van der Waals surface area contributed by atoms with E-state index in [2.05, 4.69) is 4.72 Å². The van der Waals surface area contributed by atoms with Crippen molar-refractivity contribution in [1.29, 1.82) is 0 Å². The van der Waals surface area contributed by atoms with Gasteiger partial charge in [0.1, 0.15) is 0 Å². The first-order valence-electron chi connectivity index (χ1n) is 6.94. The molecule has 0 unspecified atom stereocenters. The van der Waals surface area contributed by atoms with Crippen molar-refractivity contribution in [3.8, 4) is 0 Å². The van der Waals surface area contributed by atoms with Crippen LogP contribution in [-0.2, 0) is 34.6 Å². The summed E-state index contributed by atoms with van der Waals surface area (Å²) in [5.41, 5.74) is 2.07. The van der Waals surface area contributed by atoms with E-state index >= 15 is 0 Å². The number of nitrogens with one attached hydrogen (secondary N) is 1. The average Bonchev–Trinajstić information content (AvgIpc) is 2.54. The number of rotatable bonds is 7. The Bertz CT molecular complexity index is 752. The van der Waals surface area contributed by atoms with Gasteiger partial charge in [0.05, 0.1) is 24.7 Å². The summed E-state index contributed by atoms with van der Waals surface area (Å²) in [6.45, 7) is -0.171. The van der Waals surface area contributed by atoms with Crippen LogP contribution in [0.15, 0.2) is 47.4 Å². The molecule has 124 valence electrons. The van der Waals surface area contributed by atoms with Gasteiger partial charge in [0.15, 0.2) is 0 Å². The van der Waals surface area contributed by atoms with Crippen LogP contribution >= 0.6 is 0 Å². The normalized spacial score (nSPS) is 11.4. The van der Waals surface area contributed by atoms with Gasteiger partial charge in [-0.15, -0.1) is 0 Å². The highest BCUT2D eigenvalue weighted by molar-refractivity contribution is 7.92. The molecule has 0 bridgehead atoms. The lowest BCUT2D eigenvalue weighted by Crippen LogP contribution is -2.13. The molecule has 0 saturated carbocycles. The minimum absolute atomic E-state index is 0.118. The molecular weight excluding hydrogens is 318 g/mol. The molecule has 2 aromatic rings. The highest BCUT2D eigenvalue weighted by atomic mass is 32.2. The maximum Gasteiger partial charge on any atom is 0.261 e. The third-order valence-corrected chi connectivity index (χ3v) is 4.57. The molecule has 2 aromatic carbocycles. The van der Waals surface area contributed by atoms with Crippen LogP contribution in [0.3, 0.4) is 0 Å². The van der Waals surface area contributed by atoms with E-state index in [1.807, 2.05) is 0 Å². The van der Waals surface area contributed by atoms with Crippen molar-refractivity contribution < 1.29 is 23.4 Å². The zero-order valence-electron chi connectivity index (χ0n) is 12.7. The predicted octanol–water partition coefficient (Wildman–Crippen LogP) is 1.62. The summed E-state index contributed by atoms with van der Waals surface area (Å²) in [7, 11) is -2.23. The fraction of sp³-hybridized carbons (Fsp3) is 0.250. The monoisotopic (exact) mass is 337 g/mol. The molecule has 0 fully saturated rings. The first-order chi connectivity index (χ1) is 11.0. The Balaban J connectivity index is 2.32. The Morgan fingerprint density at radius 3 is 2.22 bits per heavy atom. The van der Waals surface area contributed by atoms with E-state index in [0.717, 1.165) is 5.56 Å². The number of ether oxygens (including phenoxy) is 1. The van der Waals surface area contributed by atoms with E-state index in [1.54, 1.807) is 18.2 Å². The van der Waals surface area contributed by atoms with Crippen molar-refractivity contribution >= 4 is 15.7 Å². The number of sulfonamides is 1. The van der Waals surface area contributed by atoms with Crippen molar-refractivity contribution in [1.82, 2.24) is 0 Å². The van der Waals surface area contributed by atoms with Crippen molar-refractivity contribution in [2.24, 2.45) is 0 Å². The topological polar surface area (TPSA) is 95.9 Å². The summed E-state index contributed by atoms with van der Waals surface area (Å²) in [6, 6.07) is 11.1. The molecule has 0 aliphatic heterocycles. The fourth-order valence-corrected chi connectivity index (χ4v) is 3.30. The lowest BCUT2D eigenvalue weighted by molar-refractivity contribution is 0.184. The molecular formula is C16H19NO5S. The minimum atomic E-state index is -3.77. The fourth-order valence-electron chi connectivity index (χ4n) is 2.19. The van der Waals surface area contributed by atoms with Gasteiger partial charge in [-0.2, -0.15) is 0 Å². The van der Waals surface area contributed by atoms with Crippen LogP contribution in [0.5, 0.6) is 0 Å². The van der Waals surface area contributed by atoms with Gasteiger partial charge >= 0.3 is 0 Å². The average molecular weight is 337 g/mol. The van der Waals surface area contributed by atoms with Crippen molar-refractivity contribution in [3.63, 3.8) is 0 Å². The Hall–Kier alpha value is -1.93. The van der Waals surface area contributed by atoms with Gasteiger partial charge in [-0.1, -0.05) is 18.2 Å². The Labute approximate surface area is 135 Å². The van der Waals surface area contributed by atoms with Crippen LogP contribution < -0.4 is 4.72 Å². The summed E-state index contributed by atoms with van der Waals surface area (Å²) in [5.74, 6) is 0. The molecule has 6 nitrogen and oxygen atoms in total. The SMILES string of the molecule is COCc1cccc(S(=O)(=O)Nc2cc(CO)cc(CO)c2)c1. The maximum atomic E-state index is 12.5. The van der Waals surface area contributed by atoms with Crippen LogP contribution in [0.25, 0.3) is 0 Å². The smallest absolute Gasteiger partial charge is 0.261 e. The number of aliphatic hydroxyl groups is 2. The van der Waals surface area contributed by atoms with Gasteiger partial charge in [0.25, 0.3) is 10.0 Å². The number of aliphatic hydroxyl groups excluding tert-OH is 2. The van der Waals surface area contributed by atoms with Crippen LogP contribution in [0, 0.1) is 0 Å². The van der Waals surface area contributed by atoms with Gasteiger partial charge in [-0.05, 0) is 41.0 Å². The van der Waals surface area contributed by atoms with Gasteiger partial charge in [0.2, 0.25) is 0 Å². The Morgan fingerprint density at radius 1 is 1.00 bits per heavy atom. The number of hydrogen-bond acceptors (Lipinski definition) is 5. The molecule has 7 heteroatoms. The van der Waals surface area contributed by atoms with E-state index in [4.69, 9.17) is 4.74 Å². The van der Waals surface area contributed by atoms with E-state index in [0.29, 0.717) is 17.7 Å². The first kappa shape index (κ1) is 17.4. The zero-order valence-corrected chi connectivity index (χ0v) is 13.5. The van der Waals surface area contributed by atoms with Gasteiger partial charge in [0, 0.05) is 12.8 Å². The summed E-state index contributed by atoms with van der Waals surface area (Å²) < 4.78 is 32.4. The third-order valence-electron chi connectivity index (χ3n) is 3.19. The van der Waals surface area contributed by atoms with Crippen molar-refractivity contribution in [3.05, 3.63) is 59.2 Å². The largest absolute Gasteiger partial charge is 0.392 e. The molecule has 0 aromatic heterocycles. The van der Waals surface area contributed by atoms with Crippen molar-refractivity contribution in [2.75, 3.05) is 11.8 Å². The van der Waals surface area contributed by atoms with E-state index < -0.39 is 10.0 Å². The molecule has 0 radical (unpaired) electrons. The predicted molar refractivity (Wildman–Crippen MR) is 86.3 cm³/mol. The maximum absolute atomic E-state index is 12.5. The second-order valence-electron chi connectivity index (χ2n) is 5.04. The summed E-state index contributed by atoms with van der Waals surface area (Å²) in [4.78, 5) is 0.118. The molecule has 23 heavy (non-hydrogen) atoms. The molecule has 0 saturated heterocycles. The van der Waals surface area contributed by atoms with E-state index in [1.165, 1.54) is 31.4 Å². The van der Waals surface area contributed by atoms with E-state index in [-0.39, 0.29) is 23.8 Å². The number of benzene rings is 2. The third kappa shape index (κ3) is 4.52. The molecule has 0 aliphatic rings. The highest BCUT2D eigenvalue weighted by Crippen LogP contribution is 2.20. The first-order valence-corrected chi connectivity index (χ1v) is 8.42. The van der Waals surface area contributed by atoms with Gasteiger partial charge in [-0.25, -0.2) is 8.42 Å². The second-order valence-corrected chi connectivity index (χ2v) is 6.72. The standard InChI is InChI=1S/C16H19NO5S/c1-22-11-12-3-2-4-16(8-12)23(20,21)17-15-6-13(9-18)5-14(7-15)10-19/h2-8,17-19H,9-11H2,1H3. The lowest BCUT2D eigenvalue weighted by atomic mass is 10.1. The molecule has 0 amide bonds. The van der Waals surface area contributed by atoms with Crippen LogP contribution in [0.4, 0.5) is 5.69 Å². The van der Waals surface area contributed by atoms with Gasteiger partial charge in [-0.3, -0.25) is 4.72 Å². The molecule has 0 heterocycles. The highest BCUT2D eigenvalue weighted by Gasteiger charge is 2.15. The van der Waals surface area contributed by atoms with Crippen LogP contribution in [-0.4, -0.2) is 25.7 Å². The minimum Gasteiger partial charge on any atom is -0.392 e. The lowest BCUT2D eigenvalue weighted by Gasteiger charge is -2.11. The zero-order chi connectivity index (χ0) is 16.9. The van der Waals surface area contributed by atoms with Gasteiger partial charge < -0.3 is 14.9 Å². The second kappa shape index (κ2) is 7.56. The number of anilines is 1. The molecule has 3 N–H and O–H groups in total. The van der Waals surface area contributed by atoms with E-state index in [9.17, 15) is 18.6 Å². The molecule has 0 spiro atoms. The molecule has 2 rings (SSSR count). The molecule has 0 atom stereocenters. The summed E-state index contributed by atoms with van der Waals surface area (Å²) in [5, 5.41) is 18.4. The van der Waals surface area contributed by atoms with Crippen LogP contribution in [0.2, 0.25) is 0 Å². The molecule has 0 aliphatic carbocycles. The number of methoxy groups -OCH3 is 1. The van der Waals surface area contributed by atoms with Crippen LogP contribution in [0.1, 0.15) is 16.7 Å². The summed E-state index contributed by atoms with van der Waals surface area (Å²) in [6.07, 6.45) is 0. The summed E-state index contributed by atoms with van der Waals surface area (Å²) >= 11 is 0. The van der Waals surface area contributed by atoms with Crippen molar-refractivity contribution in [2.45, 2.75) is 24.7 Å². The Morgan fingerprint density at radius 2 is 1.65 bits per heavy atom. The number of hydrogen-bond donors (Lipinski definition) is 3.